The molecule has 4 rings (SSSR count). The van der Waals surface area contributed by atoms with E-state index in [1.54, 1.807) is 91.9 Å². The van der Waals surface area contributed by atoms with Gasteiger partial charge in [-0.25, -0.2) is 0 Å². The molecule has 10 heteroatoms. The number of hydrogen-bond donors (Lipinski definition) is 3. The van der Waals surface area contributed by atoms with Crippen LogP contribution in [0.3, 0.4) is 0 Å². The molecule has 214 valence electrons. The molecule has 0 aromatic heterocycles. The molecule has 0 bridgehead atoms. The van der Waals surface area contributed by atoms with E-state index in [0.717, 1.165) is 10.5 Å². The first kappa shape index (κ1) is 31.2. The molecule has 4 aromatic rings. The van der Waals surface area contributed by atoms with Gasteiger partial charge in [-0.05, 0) is 91.7 Å². The van der Waals surface area contributed by atoms with E-state index in [4.69, 9.17) is 34.8 Å². The minimum Gasteiger partial charge on any atom is -0.325 e. The Morgan fingerprint density at radius 1 is 0.786 bits per heavy atom. The first-order valence-electron chi connectivity index (χ1n) is 12.8. The monoisotopic (exact) mass is 637 g/mol. The maximum Gasteiger partial charge on any atom is 0.272 e. The largest absolute Gasteiger partial charge is 0.325 e. The number of carbonyl (C=O) groups excluding carboxylic acids is 3. The first-order valence-corrected chi connectivity index (χ1v) is 14.8. The summed E-state index contributed by atoms with van der Waals surface area (Å²) in [5, 5.41) is 9.32. The first-order chi connectivity index (χ1) is 20.1. The van der Waals surface area contributed by atoms with Crippen molar-refractivity contribution in [2.24, 2.45) is 0 Å². The van der Waals surface area contributed by atoms with Gasteiger partial charge >= 0.3 is 0 Å². The van der Waals surface area contributed by atoms with Crippen LogP contribution in [0, 0.1) is 6.92 Å². The van der Waals surface area contributed by atoms with Gasteiger partial charge in [-0.15, -0.1) is 11.8 Å². The Balaban J connectivity index is 1.45. The molecular weight excluding hydrogens is 613 g/mol. The molecule has 0 radical (unpaired) electrons. The lowest BCUT2D eigenvalue weighted by atomic mass is 10.1. The van der Waals surface area contributed by atoms with Gasteiger partial charge < -0.3 is 16.0 Å². The molecule has 0 aliphatic heterocycles. The Morgan fingerprint density at radius 2 is 1.48 bits per heavy atom. The van der Waals surface area contributed by atoms with Gasteiger partial charge in [0, 0.05) is 36.9 Å². The Kier molecular flexibility index (Phi) is 10.7. The molecule has 0 spiro atoms. The van der Waals surface area contributed by atoms with Crippen LogP contribution in [-0.4, -0.2) is 23.0 Å². The molecule has 0 fully saturated rings. The van der Waals surface area contributed by atoms with Crippen molar-refractivity contribution in [1.29, 1.82) is 0 Å². The summed E-state index contributed by atoms with van der Waals surface area (Å²) >= 11 is 19.9. The van der Waals surface area contributed by atoms with Gasteiger partial charge in [-0.2, -0.15) is 0 Å². The molecular formula is C32H26Cl3N3O3S. The normalized spacial score (nSPS) is 11.9. The van der Waals surface area contributed by atoms with Gasteiger partial charge in [0.25, 0.3) is 11.8 Å². The van der Waals surface area contributed by atoms with Crippen molar-refractivity contribution in [3.8, 4) is 0 Å². The van der Waals surface area contributed by atoms with Crippen molar-refractivity contribution in [2.45, 2.75) is 24.0 Å². The lowest BCUT2D eigenvalue weighted by molar-refractivity contribution is -0.115. The molecule has 6 nitrogen and oxygen atoms in total. The second kappa shape index (κ2) is 14.4. The van der Waals surface area contributed by atoms with E-state index in [1.165, 1.54) is 17.8 Å². The van der Waals surface area contributed by atoms with Crippen LogP contribution in [-0.2, 0) is 9.59 Å². The van der Waals surface area contributed by atoms with Crippen LogP contribution in [0.2, 0.25) is 15.1 Å². The number of hydrogen-bond acceptors (Lipinski definition) is 4. The number of thioether (sulfide) groups is 1. The average Bonchev–Trinajstić information content (AvgIpc) is 2.97. The minimum atomic E-state index is -0.546. The summed E-state index contributed by atoms with van der Waals surface area (Å²) in [5.74, 6) is -1.16. The van der Waals surface area contributed by atoms with Crippen molar-refractivity contribution >= 4 is 81.7 Å². The maximum atomic E-state index is 13.3. The van der Waals surface area contributed by atoms with Crippen LogP contribution in [0.15, 0.2) is 102 Å². The molecule has 0 saturated carbocycles. The highest BCUT2D eigenvalue weighted by atomic mass is 35.5. The fraction of sp³-hybridized carbons (Fsp3) is 0.0938. The molecule has 3 N–H and O–H groups in total. The number of aryl methyl sites for hydroxylation is 1. The lowest BCUT2D eigenvalue weighted by Gasteiger charge is -2.14. The zero-order valence-electron chi connectivity index (χ0n) is 22.6. The van der Waals surface area contributed by atoms with Gasteiger partial charge in [0.15, 0.2) is 0 Å². The van der Waals surface area contributed by atoms with Gasteiger partial charge in [0.1, 0.15) is 5.70 Å². The van der Waals surface area contributed by atoms with Crippen molar-refractivity contribution in [3.05, 3.63) is 128 Å². The van der Waals surface area contributed by atoms with Crippen molar-refractivity contribution < 1.29 is 14.4 Å². The number of anilines is 2. The molecule has 4 aromatic carbocycles. The third-order valence-electron chi connectivity index (χ3n) is 6.02. The number of rotatable bonds is 9. The minimum absolute atomic E-state index is 0.00645. The molecule has 0 aliphatic rings. The van der Waals surface area contributed by atoms with Crippen molar-refractivity contribution in [1.82, 2.24) is 5.32 Å². The third-order valence-corrected chi connectivity index (χ3v) is 8.11. The van der Waals surface area contributed by atoms with E-state index >= 15 is 0 Å². The molecule has 42 heavy (non-hydrogen) atoms. The molecule has 0 aliphatic carbocycles. The van der Waals surface area contributed by atoms with Gasteiger partial charge in [0.2, 0.25) is 5.91 Å². The fourth-order valence-electron chi connectivity index (χ4n) is 3.70. The zero-order valence-corrected chi connectivity index (χ0v) is 25.7. The number of nitrogens with one attached hydrogen (secondary N) is 3. The summed E-state index contributed by atoms with van der Waals surface area (Å²) in [6, 6.07) is 25.8. The van der Waals surface area contributed by atoms with E-state index in [-0.39, 0.29) is 11.6 Å². The molecule has 0 heterocycles. The summed E-state index contributed by atoms with van der Waals surface area (Å²) in [6.07, 6.45) is 1.49. The Labute approximate surface area is 263 Å². The highest BCUT2D eigenvalue weighted by molar-refractivity contribution is 8.00. The van der Waals surface area contributed by atoms with Gasteiger partial charge in [-0.3, -0.25) is 14.4 Å². The predicted octanol–water partition coefficient (Wildman–Crippen LogP) is 8.48. The maximum absolute atomic E-state index is 13.3. The SMILES string of the molecule is Cc1ccc(NC(=O)C(C)Sc2ccc(NC(=O)/C(=C/c3ccc(Cl)cc3Cl)NC(=O)c3ccccc3)cc2)cc1Cl. The Bertz CT molecular complexity index is 1640. The topological polar surface area (TPSA) is 87.3 Å². The quantitative estimate of drug-likeness (QED) is 0.127. The standard InChI is InChI=1S/C32H26Cl3N3O3S/c1-19-8-11-25(18-27(19)34)37-30(39)20(2)42-26-14-12-24(13-15-26)36-32(41)29(16-22-9-10-23(33)17-28(22)35)38-31(40)21-6-4-3-5-7-21/h3-18,20H,1-2H3,(H,36,41)(H,37,39)(H,38,40)/b29-16-. The second-order valence-corrected chi connectivity index (χ2v) is 11.9. The molecule has 1 unspecified atom stereocenters. The molecule has 0 saturated heterocycles. The summed E-state index contributed by atoms with van der Waals surface area (Å²) in [4.78, 5) is 39.7. The van der Waals surface area contributed by atoms with Crippen LogP contribution in [0.4, 0.5) is 11.4 Å². The van der Waals surface area contributed by atoms with Crippen molar-refractivity contribution in [3.63, 3.8) is 0 Å². The van der Waals surface area contributed by atoms with Crippen LogP contribution in [0.5, 0.6) is 0 Å². The zero-order chi connectivity index (χ0) is 30.2. The molecule has 3 amide bonds. The van der Waals surface area contributed by atoms with Crippen LogP contribution in [0.1, 0.15) is 28.4 Å². The van der Waals surface area contributed by atoms with Gasteiger partial charge in [0.05, 0.1) is 5.25 Å². The molecule has 1 atom stereocenters. The average molecular weight is 639 g/mol. The summed E-state index contributed by atoms with van der Waals surface area (Å²) < 4.78 is 0. The van der Waals surface area contributed by atoms with E-state index in [9.17, 15) is 14.4 Å². The van der Waals surface area contributed by atoms with E-state index in [2.05, 4.69) is 16.0 Å². The highest BCUT2D eigenvalue weighted by Crippen LogP contribution is 2.27. The summed E-state index contributed by atoms with van der Waals surface area (Å²) in [7, 11) is 0. The Hall–Kier alpha value is -3.75. The predicted molar refractivity (Wildman–Crippen MR) is 174 cm³/mol. The van der Waals surface area contributed by atoms with E-state index < -0.39 is 17.1 Å². The third kappa shape index (κ3) is 8.63. The number of amides is 3. The smallest absolute Gasteiger partial charge is 0.272 e. The van der Waals surface area contributed by atoms with Crippen LogP contribution in [0.25, 0.3) is 6.08 Å². The van der Waals surface area contributed by atoms with E-state index in [1.807, 2.05) is 13.0 Å². The lowest BCUT2D eigenvalue weighted by Crippen LogP contribution is -2.30. The van der Waals surface area contributed by atoms with Crippen molar-refractivity contribution in [2.75, 3.05) is 10.6 Å². The van der Waals surface area contributed by atoms with Crippen LogP contribution >= 0.6 is 46.6 Å². The number of carbonyl (C=O) groups is 3. The fourth-order valence-corrected chi connectivity index (χ4v) is 5.21. The van der Waals surface area contributed by atoms with Crippen LogP contribution < -0.4 is 16.0 Å². The van der Waals surface area contributed by atoms with E-state index in [0.29, 0.717) is 37.6 Å². The highest BCUT2D eigenvalue weighted by Gasteiger charge is 2.17. The summed E-state index contributed by atoms with van der Waals surface area (Å²) in [5.41, 5.74) is 2.95. The van der Waals surface area contributed by atoms with Gasteiger partial charge in [-0.1, -0.05) is 65.1 Å². The summed E-state index contributed by atoms with van der Waals surface area (Å²) in [6.45, 7) is 3.70. The Morgan fingerprint density at radius 3 is 2.14 bits per heavy atom. The number of halogens is 3. The number of benzene rings is 4. The second-order valence-electron chi connectivity index (χ2n) is 9.24.